The van der Waals surface area contributed by atoms with Gasteiger partial charge in [-0.2, -0.15) is 0 Å². The predicted octanol–water partition coefficient (Wildman–Crippen LogP) is 14.7. The Labute approximate surface area is 339 Å². The van der Waals surface area contributed by atoms with E-state index in [0.29, 0.717) is 0 Å². The van der Waals surface area contributed by atoms with Crippen LogP contribution in [0.4, 0.5) is 0 Å². The monoisotopic (exact) mass is 772 g/mol. The van der Waals surface area contributed by atoms with Gasteiger partial charge in [0, 0.05) is 68.5 Å². The van der Waals surface area contributed by atoms with Crippen molar-refractivity contribution in [1.29, 1.82) is 0 Å². The average molecular weight is 773 g/mol. The number of benzene rings is 8. The highest BCUT2D eigenvalue weighted by Crippen LogP contribution is 2.49. The summed E-state index contributed by atoms with van der Waals surface area (Å²) in [6.07, 6.45) is 0. The van der Waals surface area contributed by atoms with Gasteiger partial charge in [0.25, 0.3) is 0 Å². The third kappa shape index (κ3) is 4.02. The third-order valence-corrected chi connectivity index (χ3v) is 14.5. The van der Waals surface area contributed by atoms with Crippen molar-refractivity contribution >= 4 is 107 Å². The normalized spacial score (nSPS) is 12.5. The molecule has 0 spiro atoms. The molecule has 1 aliphatic heterocycles. The Hall–Kier alpha value is -7.12. The largest absolute Gasteiger partial charge is 0.308 e. The Bertz CT molecular complexity index is 3930. The van der Waals surface area contributed by atoms with Crippen LogP contribution in [0.15, 0.2) is 170 Å². The van der Waals surface area contributed by atoms with Crippen LogP contribution in [0.5, 0.6) is 0 Å². The summed E-state index contributed by atoms with van der Waals surface area (Å²) in [6.45, 7) is 0. The number of thiophene rings is 2. The zero-order valence-corrected chi connectivity index (χ0v) is 32.4. The van der Waals surface area contributed by atoms with E-state index in [4.69, 9.17) is 9.97 Å². The Balaban J connectivity index is 1.13. The van der Waals surface area contributed by atoms with Gasteiger partial charge in [0.05, 0.1) is 27.8 Å². The van der Waals surface area contributed by atoms with E-state index in [2.05, 4.69) is 179 Å². The molecule has 0 N–H and O–H groups in total. The Kier molecular flexibility index (Phi) is 6.02. The van der Waals surface area contributed by atoms with Gasteiger partial charge >= 0.3 is 0 Å². The number of rotatable bonds is 2. The molecule has 6 heterocycles. The molecule has 1 aliphatic rings. The first kappa shape index (κ1) is 31.0. The van der Waals surface area contributed by atoms with Gasteiger partial charge in [0.2, 0.25) is 0 Å². The molecule has 8 aromatic carbocycles. The summed E-state index contributed by atoms with van der Waals surface area (Å²) >= 11 is 3.55. The van der Waals surface area contributed by atoms with Crippen LogP contribution in [0.25, 0.3) is 129 Å². The molecule has 14 rings (SSSR count). The molecular weight excluding hydrogens is 745 g/mol. The first-order valence-corrected chi connectivity index (χ1v) is 21.2. The smallest absolute Gasteiger partial charge is 0.165 e. The minimum Gasteiger partial charge on any atom is -0.308 e. The van der Waals surface area contributed by atoms with Crippen LogP contribution < -0.4 is 0 Å². The third-order valence-electron chi connectivity index (χ3n) is 12.3. The molecule has 0 atom stereocenters. The fourth-order valence-corrected chi connectivity index (χ4v) is 12.0. The van der Waals surface area contributed by atoms with E-state index in [1.165, 1.54) is 85.4 Å². The van der Waals surface area contributed by atoms with Crippen molar-refractivity contribution in [2.75, 3.05) is 0 Å². The van der Waals surface area contributed by atoms with Gasteiger partial charge < -0.3 is 4.57 Å². The van der Waals surface area contributed by atoms with Gasteiger partial charge in [-0.15, -0.1) is 22.7 Å². The van der Waals surface area contributed by atoms with Crippen molar-refractivity contribution in [1.82, 2.24) is 19.1 Å². The minimum atomic E-state index is 0.840. The van der Waals surface area contributed by atoms with Crippen LogP contribution in [0.3, 0.4) is 0 Å². The van der Waals surface area contributed by atoms with Crippen LogP contribution in [0.2, 0.25) is 0 Å². The molecule has 6 heteroatoms. The molecule has 0 bridgehead atoms. The highest BCUT2D eigenvalue weighted by molar-refractivity contribution is 7.26. The van der Waals surface area contributed by atoms with E-state index in [1.54, 1.807) is 11.3 Å². The lowest BCUT2D eigenvalue weighted by molar-refractivity contribution is 1.09. The summed E-state index contributed by atoms with van der Waals surface area (Å²) in [7, 11) is 0. The van der Waals surface area contributed by atoms with Crippen molar-refractivity contribution in [3.05, 3.63) is 170 Å². The van der Waals surface area contributed by atoms with Crippen molar-refractivity contribution in [3.63, 3.8) is 0 Å². The topological polar surface area (TPSA) is 35.6 Å². The zero-order chi connectivity index (χ0) is 37.6. The maximum Gasteiger partial charge on any atom is 0.165 e. The fourth-order valence-electron chi connectivity index (χ4n) is 9.81. The molecule has 13 aromatic rings. The number of fused-ring (bicyclic) bond motifs is 17. The molecule has 5 aromatic heterocycles. The first-order valence-electron chi connectivity index (χ1n) is 19.6. The number of para-hydroxylation sites is 3. The number of hydrogen-bond acceptors (Lipinski definition) is 4. The van der Waals surface area contributed by atoms with Crippen LogP contribution >= 0.6 is 22.7 Å². The summed E-state index contributed by atoms with van der Waals surface area (Å²) in [5.74, 6) is 0.840. The standard InChI is InChI=1S/C52H28N4S2/c1-2-13-31-30(12-1)32-14-3-7-20-41(32)55-43-27-39-33-15-4-8-21-42(33)56(44(39)28-40(43)37-19-11-18-36(31)50(37)55)51-48(54-52-49(53-51)38-17-6-10-23-46(38)58-52)29-24-25-35-34-16-5-9-22-45(34)57-47(35)26-29/h1-28H. The predicted molar refractivity (Wildman–Crippen MR) is 246 cm³/mol. The summed E-state index contributed by atoms with van der Waals surface area (Å²) < 4.78 is 8.63. The molecule has 0 amide bonds. The first-order chi connectivity index (χ1) is 28.8. The summed E-state index contributed by atoms with van der Waals surface area (Å²) in [4.78, 5) is 12.2. The second-order valence-electron chi connectivity index (χ2n) is 15.3. The van der Waals surface area contributed by atoms with Crippen LogP contribution in [-0.4, -0.2) is 19.1 Å². The van der Waals surface area contributed by atoms with Gasteiger partial charge in [-0.1, -0.05) is 127 Å². The van der Waals surface area contributed by atoms with E-state index in [0.717, 1.165) is 43.8 Å². The molecular formula is C52H28N4S2. The van der Waals surface area contributed by atoms with Crippen LogP contribution in [0, 0.1) is 0 Å². The average Bonchev–Trinajstić information content (AvgIpc) is 4.00. The Morgan fingerprint density at radius 2 is 1.00 bits per heavy atom. The second kappa shape index (κ2) is 11.3. The lowest BCUT2D eigenvalue weighted by Gasteiger charge is -2.14. The molecule has 0 saturated carbocycles. The van der Waals surface area contributed by atoms with Gasteiger partial charge in [-0.05, 0) is 53.6 Å². The van der Waals surface area contributed by atoms with Crippen LogP contribution in [0.1, 0.15) is 0 Å². The lowest BCUT2D eigenvalue weighted by Crippen LogP contribution is -2.03. The molecule has 58 heavy (non-hydrogen) atoms. The molecule has 0 saturated heterocycles. The minimum absolute atomic E-state index is 0.840. The van der Waals surface area contributed by atoms with E-state index < -0.39 is 0 Å². The Morgan fingerprint density at radius 3 is 1.86 bits per heavy atom. The van der Waals surface area contributed by atoms with Crippen molar-refractivity contribution in [3.8, 4) is 45.0 Å². The molecule has 0 aliphatic carbocycles. The van der Waals surface area contributed by atoms with Crippen LogP contribution in [-0.2, 0) is 0 Å². The molecule has 0 fully saturated rings. The number of aromatic nitrogens is 4. The second-order valence-corrected chi connectivity index (χ2v) is 17.4. The highest BCUT2D eigenvalue weighted by atomic mass is 32.1. The molecule has 0 unspecified atom stereocenters. The molecule has 4 nitrogen and oxygen atoms in total. The highest BCUT2D eigenvalue weighted by Gasteiger charge is 2.27. The quantitative estimate of drug-likeness (QED) is 0.175. The summed E-state index contributed by atoms with van der Waals surface area (Å²) in [6, 6.07) is 62.2. The zero-order valence-electron chi connectivity index (χ0n) is 30.8. The molecule has 0 radical (unpaired) electrons. The molecule has 268 valence electrons. The van der Waals surface area contributed by atoms with E-state index >= 15 is 0 Å². The van der Waals surface area contributed by atoms with Crippen molar-refractivity contribution in [2.24, 2.45) is 0 Å². The van der Waals surface area contributed by atoms with Gasteiger partial charge in [-0.25, -0.2) is 9.97 Å². The maximum atomic E-state index is 5.67. The van der Waals surface area contributed by atoms with Crippen molar-refractivity contribution in [2.45, 2.75) is 0 Å². The van der Waals surface area contributed by atoms with E-state index in [1.807, 2.05) is 11.3 Å². The lowest BCUT2D eigenvalue weighted by atomic mass is 9.94. The Morgan fingerprint density at radius 1 is 0.379 bits per heavy atom. The summed E-state index contributed by atoms with van der Waals surface area (Å²) in [5.41, 5.74) is 13.7. The van der Waals surface area contributed by atoms with Gasteiger partial charge in [0.1, 0.15) is 16.0 Å². The number of hydrogen-bond donors (Lipinski definition) is 0. The van der Waals surface area contributed by atoms with E-state index in [9.17, 15) is 0 Å². The fraction of sp³-hybridized carbons (Fsp3) is 0. The van der Waals surface area contributed by atoms with Crippen molar-refractivity contribution < 1.29 is 0 Å². The van der Waals surface area contributed by atoms with E-state index in [-0.39, 0.29) is 0 Å². The summed E-state index contributed by atoms with van der Waals surface area (Å²) in [5, 5.41) is 8.52. The number of nitrogens with zero attached hydrogens (tertiary/aromatic N) is 4. The van der Waals surface area contributed by atoms with Gasteiger partial charge in [0.15, 0.2) is 5.82 Å². The maximum absolute atomic E-state index is 5.67. The van der Waals surface area contributed by atoms with Gasteiger partial charge in [-0.3, -0.25) is 4.57 Å². The SMILES string of the molecule is c1ccc2c(c1)-c1ccccc1-n1c3cc4c5ccccc5n(-c5nc6c(nc5-c5ccc7c(c5)sc5ccccc57)sc5ccccc56)c4cc3c3cccc-2c31.